The molecule has 5 nitrogen and oxygen atoms in total. The zero-order valence-corrected chi connectivity index (χ0v) is 17.7. The summed E-state index contributed by atoms with van der Waals surface area (Å²) in [5, 5.41) is 0. The van der Waals surface area contributed by atoms with Crippen LogP contribution in [0.15, 0.2) is 30.3 Å². The maximum Gasteiger partial charge on any atom is 0.410 e. The van der Waals surface area contributed by atoms with Crippen LogP contribution in [0.25, 0.3) is 11.1 Å². The Hall–Kier alpha value is -2.40. The zero-order chi connectivity index (χ0) is 20.5. The fourth-order valence-corrected chi connectivity index (χ4v) is 3.65. The summed E-state index contributed by atoms with van der Waals surface area (Å²) < 4.78 is 11.5. The monoisotopic (exact) mass is 382 g/mol. The number of aryl methyl sites for hydroxylation is 2. The van der Waals surface area contributed by atoms with Crippen molar-refractivity contribution >= 4 is 6.09 Å². The Morgan fingerprint density at radius 1 is 1.25 bits per heavy atom. The van der Waals surface area contributed by atoms with Crippen molar-refractivity contribution in [2.24, 2.45) is 0 Å². The van der Waals surface area contributed by atoms with Gasteiger partial charge < -0.3 is 14.4 Å². The Morgan fingerprint density at radius 2 is 1.93 bits per heavy atom. The van der Waals surface area contributed by atoms with Crippen molar-refractivity contribution in [3.63, 3.8) is 0 Å². The van der Waals surface area contributed by atoms with Crippen LogP contribution in [0, 0.1) is 13.8 Å². The first kappa shape index (κ1) is 20.3. The summed E-state index contributed by atoms with van der Waals surface area (Å²) >= 11 is 0. The lowest BCUT2D eigenvalue weighted by Crippen LogP contribution is -2.38. The molecule has 1 aliphatic heterocycles. The number of hydrogen-bond donors (Lipinski definition) is 0. The molecule has 0 aliphatic carbocycles. The molecule has 0 spiro atoms. The van der Waals surface area contributed by atoms with E-state index >= 15 is 0 Å². The third kappa shape index (κ3) is 4.71. The Morgan fingerprint density at radius 3 is 2.57 bits per heavy atom. The van der Waals surface area contributed by atoms with Crippen LogP contribution in [-0.2, 0) is 15.9 Å². The normalized spacial score (nSPS) is 16.4. The van der Waals surface area contributed by atoms with Gasteiger partial charge in [-0.15, -0.1) is 0 Å². The van der Waals surface area contributed by atoms with Crippen LogP contribution in [0.5, 0.6) is 0 Å². The van der Waals surface area contributed by atoms with E-state index < -0.39 is 5.60 Å². The van der Waals surface area contributed by atoms with Crippen LogP contribution < -0.4 is 0 Å². The molecule has 0 bridgehead atoms. The highest BCUT2D eigenvalue weighted by molar-refractivity contribution is 5.70. The number of benzene rings is 1. The second kappa shape index (κ2) is 7.92. The maximum absolute atomic E-state index is 12.3. The molecule has 1 atom stereocenters. The molecule has 0 N–H and O–H groups in total. The molecule has 0 unspecified atom stereocenters. The van der Waals surface area contributed by atoms with Crippen molar-refractivity contribution in [1.29, 1.82) is 0 Å². The quantitative estimate of drug-likeness (QED) is 0.762. The Balaban J connectivity index is 1.88. The minimum absolute atomic E-state index is 0.162. The van der Waals surface area contributed by atoms with Crippen LogP contribution in [0.4, 0.5) is 4.79 Å². The number of hydrogen-bond acceptors (Lipinski definition) is 4. The molecular formula is C23H30N2O3. The Kier molecular flexibility index (Phi) is 5.75. The van der Waals surface area contributed by atoms with Crippen LogP contribution in [0.3, 0.4) is 0 Å². The van der Waals surface area contributed by atoms with Gasteiger partial charge in [0.1, 0.15) is 11.7 Å². The Bertz CT molecular complexity index is 850. The van der Waals surface area contributed by atoms with Gasteiger partial charge in [-0.1, -0.05) is 18.2 Å². The summed E-state index contributed by atoms with van der Waals surface area (Å²) in [5.41, 5.74) is 6.36. The topological polar surface area (TPSA) is 51.7 Å². The van der Waals surface area contributed by atoms with E-state index in [1.165, 1.54) is 16.7 Å². The summed E-state index contributed by atoms with van der Waals surface area (Å²) in [4.78, 5) is 18.4. The van der Waals surface area contributed by atoms with Crippen molar-refractivity contribution in [2.45, 2.75) is 52.7 Å². The van der Waals surface area contributed by atoms with E-state index in [0.29, 0.717) is 13.2 Å². The van der Waals surface area contributed by atoms with Gasteiger partial charge in [0.15, 0.2) is 0 Å². The van der Waals surface area contributed by atoms with Crippen LogP contribution in [0.1, 0.15) is 49.4 Å². The molecular weight excluding hydrogens is 352 g/mol. The van der Waals surface area contributed by atoms with Gasteiger partial charge in [0.05, 0.1) is 13.2 Å². The first-order valence-electron chi connectivity index (χ1n) is 9.77. The molecule has 1 aromatic carbocycles. The highest BCUT2D eigenvalue weighted by atomic mass is 16.6. The number of amides is 1. The summed E-state index contributed by atoms with van der Waals surface area (Å²) in [6, 6.07) is 10.6. The average molecular weight is 383 g/mol. The van der Waals surface area contributed by atoms with Crippen LogP contribution >= 0.6 is 0 Å². The molecule has 1 aromatic heterocycles. The van der Waals surface area contributed by atoms with Gasteiger partial charge >= 0.3 is 6.09 Å². The molecule has 0 fully saturated rings. The first-order valence-corrected chi connectivity index (χ1v) is 9.77. The van der Waals surface area contributed by atoms with Crippen molar-refractivity contribution in [2.75, 3.05) is 20.2 Å². The number of nitrogens with zero attached hydrogens (tertiary/aromatic N) is 2. The van der Waals surface area contributed by atoms with Gasteiger partial charge in [0.2, 0.25) is 0 Å². The van der Waals surface area contributed by atoms with Gasteiger partial charge in [0, 0.05) is 18.4 Å². The van der Waals surface area contributed by atoms with E-state index in [-0.39, 0.29) is 12.2 Å². The van der Waals surface area contributed by atoms with E-state index in [1.54, 1.807) is 11.9 Å². The second-order valence-electron chi connectivity index (χ2n) is 8.48. The van der Waals surface area contributed by atoms with Crippen molar-refractivity contribution < 1.29 is 14.3 Å². The third-order valence-corrected chi connectivity index (χ3v) is 4.77. The fraction of sp³-hybridized carbons (Fsp3) is 0.478. The van der Waals surface area contributed by atoms with Gasteiger partial charge in [0.25, 0.3) is 0 Å². The van der Waals surface area contributed by atoms with Crippen molar-refractivity contribution in [3.05, 3.63) is 52.8 Å². The van der Waals surface area contributed by atoms with Crippen LogP contribution in [0.2, 0.25) is 0 Å². The smallest absolute Gasteiger partial charge is 0.410 e. The molecule has 28 heavy (non-hydrogen) atoms. The van der Waals surface area contributed by atoms with E-state index in [0.717, 1.165) is 23.4 Å². The van der Waals surface area contributed by atoms with E-state index in [1.807, 2.05) is 34.6 Å². The molecule has 1 amide bonds. The maximum atomic E-state index is 12.3. The predicted octanol–water partition coefficient (Wildman–Crippen LogP) is 4.85. The van der Waals surface area contributed by atoms with Crippen molar-refractivity contribution in [3.8, 4) is 11.1 Å². The fourth-order valence-electron chi connectivity index (χ4n) is 3.65. The van der Waals surface area contributed by atoms with Gasteiger partial charge in [-0.05, 0) is 75.4 Å². The van der Waals surface area contributed by atoms with E-state index in [9.17, 15) is 4.79 Å². The van der Waals surface area contributed by atoms with Crippen molar-refractivity contribution in [1.82, 2.24) is 9.88 Å². The summed E-state index contributed by atoms with van der Waals surface area (Å²) in [7, 11) is 1.76. The molecule has 3 rings (SSSR count). The lowest BCUT2D eigenvalue weighted by Gasteiger charge is -2.32. The number of pyridine rings is 1. The van der Waals surface area contributed by atoms with E-state index in [2.05, 4.69) is 35.3 Å². The molecule has 1 aliphatic rings. The van der Waals surface area contributed by atoms with Crippen LogP contribution in [-0.4, -0.2) is 41.8 Å². The summed E-state index contributed by atoms with van der Waals surface area (Å²) in [6.45, 7) is 10.8. The summed E-state index contributed by atoms with van der Waals surface area (Å²) in [5.74, 6) is 0. The third-order valence-electron chi connectivity index (χ3n) is 4.77. The number of rotatable bonds is 3. The van der Waals surface area contributed by atoms with Gasteiger partial charge in [-0.2, -0.15) is 0 Å². The molecule has 0 saturated carbocycles. The number of carbonyl (C=O) groups excluding carboxylic acids is 1. The average Bonchev–Trinajstić information content (AvgIpc) is 2.59. The lowest BCUT2D eigenvalue weighted by molar-refractivity contribution is -0.00157. The van der Waals surface area contributed by atoms with E-state index in [4.69, 9.17) is 9.47 Å². The molecule has 2 heterocycles. The molecule has 0 saturated heterocycles. The minimum Gasteiger partial charge on any atom is -0.444 e. The zero-order valence-electron chi connectivity index (χ0n) is 17.7. The standard InChI is InChI=1S/C23H30N2O3/c1-15-12-17(13-16(2)24-15)18-8-7-9-20-19(18)10-11-27-21(20)14-25(6)22(26)28-23(3,4)5/h7-9,12-13,21H,10-11,14H2,1-6H3/t21-/m0/s1. The first-order chi connectivity index (χ1) is 13.1. The minimum atomic E-state index is -0.513. The molecule has 150 valence electrons. The molecule has 0 radical (unpaired) electrons. The number of carbonyl (C=O) groups is 1. The molecule has 5 heteroatoms. The van der Waals surface area contributed by atoms with Gasteiger partial charge in [-0.25, -0.2) is 4.79 Å². The number of ether oxygens (including phenoxy) is 2. The lowest BCUT2D eigenvalue weighted by atomic mass is 9.89. The largest absolute Gasteiger partial charge is 0.444 e. The highest BCUT2D eigenvalue weighted by Gasteiger charge is 2.27. The summed E-state index contributed by atoms with van der Waals surface area (Å²) in [6.07, 6.45) is 0.364. The number of likely N-dealkylation sites (N-methyl/N-ethyl adjacent to an activating group) is 1. The number of aromatic nitrogens is 1. The predicted molar refractivity (Wildman–Crippen MR) is 110 cm³/mol. The Labute approximate surface area is 167 Å². The number of fused-ring (bicyclic) bond motifs is 1. The SMILES string of the molecule is Cc1cc(-c2cccc3c2CCO[C@H]3CN(C)C(=O)OC(C)(C)C)cc(C)n1. The highest BCUT2D eigenvalue weighted by Crippen LogP contribution is 2.35. The second-order valence-corrected chi connectivity index (χ2v) is 8.48. The van der Waals surface area contributed by atoms with Gasteiger partial charge in [-0.3, -0.25) is 4.98 Å². The molecule has 2 aromatic rings.